The summed E-state index contributed by atoms with van der Waals surface area (Å²) in [5.41, 5.74) is 0.668. The maximum absolute atomic E-state index is 14.0. The van der Waals surface area contributed by atoms with Gasteiger partial charge >= 0.3 is 0 Å². The summed E-state index contributed by atoms with van der Waals surface area (Å²) in [5.74, 6) is -0.220. The highest BCUT2D eigenvalue weighted by atomic mass is 19.1. The van der Waals surface area contributed by atoms with Gasteiger partial charge in [-0.3, -0.25) is 0 Å². The van der Waals surface area contributed by atoms with Crippen LogP contribution in [0.3, 0.4) is 0 Å². The summed E-state index contributed by atoms with van der Waals surface area (Å²) in [6.07, 6.45) is 4.76. The van der Waals surface area contributed by atoms with E-state index < -0.39 is 11.6 Å². The standard InChI is InChI=1S/C16H23F2N/c1-11(2)19-10-15(12-5-3-4-6-12)14-8-7-13(17)9-16(14)18/h7-9,11-12,15,19H,3-6,10H2,1-2H3. The molecular formula is C16H23F2N. The van der Waals surface area contributed by atoms with Crippen molar-refractivity contribution in [3.8, 4) is 0 Å². The number of nitrogens with one attached hydrogen (secondary N) is 1. The lowest BCUT2D eigenvalue weighted by Crippen LogP contribution is -2.31. The highest BCUT2D eigenvalue weighted by Gasteiger charge is 2.28. The Morgan fingerprint density at radius 1 is 1.21 bits per heavy atom. The van der Waals surface area contributed by atoms with Gasteiger partial charge in [0.2, 0.25) is 0 Å². The maximum Gasteiger partial charge on any atom is 0.129 e. The lowest BCUT2D eigenvalue weighted by molar-refractivity contribution is 0.386. The Bertz CT molecular complexity index is 411. The summed E-state index contributed by atoms with van der Waals surface area (Å²) in [6.45, 7) is 4.95. The van der Waals surface area contributed by atoms with Gasteiger partial charge in [0.05, 0.1) is 0 Å². The van der Waals surface area contributed by atoms with Gasteiger partial charge in [0.15, 0.2) is 0 Å². The molecule has 1 aromatic rings. The summed E-state index contributed by atoms with van der Waals surface area (Å²) < 4.78 is 27.1. The molecule has 1 unspecified atom stereocenters. The van der Waals surface area contributed by atoms with Gasteiger partial charge in [-0.2, -0.15) is 0 Å². The minimum Gasteiger partial charge on any atom is -0.314 e. The highest BCUT2D eigenvalue weighted by molar-refractivity contribution is 5.24. The van der Waals surface area contributed by atoms with Crippen molar-refractivity contribution in [3.05, 3.63) is 35.4 Å². The summed E-state index contributed by atoms with van der Waals surface area (Å²) in [5, 5.41) is 3.40. The Labute approximate surface area is 114 Å². The van der Waals surface area contributed by atoms with E-state index in [1.54, 1.807) is 6.07 Å². The first-order valence-corrected chi connectivity index (χ1v) is 7.26. The summed E-state index contributed by atoms with van der Waals surface area (Å²) in [6, 6.07) is 4.38. The number of rotatable bonds is 5. The molecule has 1 N–H and O–H groups in total. The molecule has 2 rings (SSSR count). The predicted molar refractivity (Wildman–Crippen MR) is 74.2 cm³/mol. The highest BCUT2D eigenvalue weighted by Crippen LogP contribution is 2.38. The van der Waals surface area contributed by atoms with Crippen molar-refractivity contribution in [2.45, 2.75) is 51.5 Å². The molecule has 0 saturated heterocycles. The molecule has 106 valence electrons. The Hall–Kier alpha value is -0.960. The Kier molecular flexibility index (Phi) is 4.92. The third-order valence-electron chi connectivity index (χ3n) is 4.08. The van der Waals surface area contributed by atoms with Gasteiger partial charge in [-0.25, -0.2) is 8.78 Å². The molecule has 3 heteroatoms. The molecule has 1 saturated carbocycles. The fraction of sp³-hybridized carbons (Fsp3) is 0.625. The molecule has 0 heterocycles. The van der Waals surface area contributed by atoms with Crippen molar-refractivity contribution < 1.29 is 8.78 Å². The molecule has 0 aliphatic heterocycles. The van der Waals surface area contributed by atoms with E-state index in [4.69, 9.17) is 0 Å². The molecule has 1 aliphatic carbocycles. The van der Waals surface area contributed by atoms with Gasteiger partial charge in [0.1, 0.15) is 11.6 Å². The van der Waals surface area contributed by atoms with E-state index in [0.717, 1.165) is 25.5 Å². The summed E-state index contributed by atoms with van der Waals surface area (Å²) in [4.78, 5) is 0. The molecule has 1 aromatic carbocycles. The van der Waals surface area contributed by atoms with Crippen molar-refractivity contribution in [2.24, 2.45) is 5.92 Å². The smallest absolute Gasteiger partial charge is 0.129 e. The molecule has 0 radical (unpaired) electrons. The van der Waals surface area contributed by atoms with Crippen molar-refractivity contribution in [2.75, 3.05) is 6.54 Å². The van der Waals surface area contributed by atoms with Crippen LogP contribution < -0.4 is 5.32 Å². The van der Waals surface area contributed by atoms with Gasteiger partial charge in [-0.1, -0.05) is 32.8 Å². The minimum absolute atomic E-state index is 0.158. The van der Waals surface area contributed by atoms with Gasteiger partial charge in [0, 0.05) is 24.6 Å². The summed E-state index contributed by atoms with van der Waals surface area (Å²) in [7, 11) is 0. The van der Waals surface area contributed by atoms with Crippen LogP contribution in [-0.4, -0.2) is 12.6 Å². The zero-order valence-corrected chi connectivity index (χ0v) is 11.8. The average molecular weight is 267 g/mol. The lowest BCUT2D eigenvalue weighted by Gasteiger charge is -2.26. The van der Waals surface area contributed by atoms with Crippen LogP contribution >= 0.6 is 0 Å². The van der Waals surface area contributed by atoms with Crippen LogP contribution in [-0.2, 0) is 0 Å². The fourth-order valence-electron chi connectivity index (χ4n) is 3.06. The van der Waals surface area contributed by atoms with E-state index in [-0.39, 0.29) is 5.92 Å². The molecule has 0 bridgehead atoms. The summed E-state index contributed by atoms with van der Waals surface area (Å²) >= 11 is 0. The molecular weight excluding hydrogens is 244 g/mol. The third kappa shape index (κ3) is 3.75. The van der Waals surface area contributed by atoms with E-state index in [2.05, 4.69) is 19.2 Å². The number of hydrogen-bond donors (Lipinski definition) is 1. The van der Waals surface area contributed by atoms with E-state index in [1.807, 2.05) is 0 Å². The topological polar surface area (TPSA) is 12.0 Å². The largest absolute Gasteiger partial charge is 0.314 e. The van der Waals surface area contributed by atoms with E-state index in [1.165, 1.54) is 18.9 Å². The first-order valence-electron chi connectivity index (χ1n) is 7.26. The van der Waals surface area contributed by atoms with Crippen molar-refractivity contribution in [1.82, 2.24) is 5.32 Å². The lowest BCUT2D eigenvalue weighted by atomic mass is 9.84. The van der Waals surface area contributed by atoms with Crippen LogP contribution in [0.1, 0.15) is 51.0 Å². The molecule has 0 spiro atoms. The van der Waals surface area contributed by atoms with Gasteiger partial charge in [-0.15, -0.1) is 0 Å². The predicted octanol–water partition coefficient (Wildman–Crippen LogP) is 4.24. The molecule has 1 atom stereocenters. The second-order valence-corrected chi connectivity index (χ2v) is 5.88. The van der Waals surface area contributed by atoms with Crippen LogP contribution in [0.5, 0.6) is 0 Å². The SMILES string of the molecule is CC(C)NCC(c1ccc(F)cc1F)C1CCCC1. The quantitative estimate of drug-likeness (QED) is 0.841. The molecule has 0 amide bonds. The zero-order valence-electron chi connectivity index (χ0n) is 11.8. The van der Waals surface area contributed by atoms with Crippen molar-refractivity contribution >= 4 is 0 Å². The van der Waals surface area contributed by atoms with Crippen LogP contribution in [0.15, 0.2) is 18.2 Å². The van der Waals surface area contributed by atoms with E-state index in [9.17, 15) is 8.78 Å². The monoisotopic (exact) mass is 267 g/mol. The van der Waals surface area contributed by atoms with Crippen LogP contribution in [0.2, 0.25) is 0 Å². The Balaban J connectivity index is 2.19. The second kappa shape index (κ2) is 6.47. The van der Waals surface area contributed by atoms with Gasteiger partial charge < -0.3 is 5.32 Å². The maximum atomic E-state index is 14.0. The van der Waals surface area contributed by atoms with Gasteiger partial charge in [-0.05, 0) is 30.4 Å². The first-order chi connectivity index (χ1) is 9.08. The fourth-order valence-corrected chi connectivity index (χ4v) is 3.06. The third-order valence-corrected chi connectivity index (χ3v) is 4.08. The molecule has 19 heavy (non-hydrogen) atoms. The molecule has 1 nitrogen and oxygen atoms in total. The number of benzene rings is 1. The Morgan fingerprint density at radius 3 is 2.47 bits per heavy atom. The van der Waals surface area contributed by atoms with Crippen molar-refractivity contribution in [3.63, 3.8) is 0 Å². The van der Waals surface area contributed by atoms with Crippen LogP contribution in [0.25, 0.3) is 0 Å². The molecule has 1 fully saturated rings. The van der Waals surface area contributed by atoms with Gasteiger partial charge in [0.25, 0.3) is 0 Å². The normalized spacial score (nSPS) is 18.2. The number of halogens is 2. The Morgan fingerprint density at radius 2 is 1.89 bits per heavy atom. The molecule has 1 aliphatic rings. The zero-order chi connectivity index (χ0) is 13.8. The minimum atomic E-state index is -0.497. The van der Waals surface area contributed by atoms with Crippen molar-refractivity contribution in [1.29, 1.82) is 0 Å². The van der Waals surface area contributed by atoms with Crippen LogP contribution in [0, 0.1) is 17.6 Å². The van der Waals surface area contributed by atoms with Crippen LogP contribution in [0.4, 0.5) is 8.78 Å². The van der Waals surface area contributed by atoms with E-state index >= 15 is 0 Å². The second-order valence-electron chi connectivity index (χ2n) is 5.88. The number of hydrogen-bond acceptors (Lipinski definition) is 1. The first kappa shape index (κ1) is 14.4. The molecule has 0 aromatic heterocycles. The van der Waals surface area contributed by atoms with E-state index in [0.29, 0.717) is 17.5 Å². The average Bonchev–Trinajstić information content (AvgIpc) is 2.85.